The van der Waals surface area contributed by atoms with Crippen LogP contribution in [0.1, 0.15) is 5.56 Å². The Morgan fingerprint density at radius 2 is 0.875 bits per heavy atom. The molecule has 1 nitrogen and oxygen atoms in total. The van der Waals surface area contributed by atoms with E-state index in [-0.39, 0.29) is 0 Å². The minimum absolute atomic E-state index is 0.909. The van der Waals surface area contributed by atoms with Crippen molar-refractivity contribution in [2.45, 2.75) is 6.92 Å². The van der Waals surface area contributed by atoms with E-state index in [4.69, 9.17) is 4.42 Å². The summed E-state index contributed by atoms with van der Waals surface area (Å²) in [6.07, 6.45) is 0. The van der Waals surface area contributed by atoms with Crippen molar-refractivity contribution < 1.29 is 4.42 Å². The molecule has 1 aromatic heterocycles. The first-order chi connectivity index (χ1) is 27.7. The van der Waals surface area contributed by atoms with Crippen LogP contribution in [0.25, 0.3) is 120 Å². The van der Waals surface area contributed by atoms with Gasteiger partial charge < -0.3 is 4.42 Å². The van der Waals surface area contributed by atoms with Crippen molar-refractivity contribution in [3.63, 3.8) is 0 Å². The van der Waals surface area contributed by atoms with Crippen LogP contribution in [0.5, 0.6) is 0 Å². The standard InChI is InChI=1S/C55H34O/c1-33-21-26-42-37(29-33)24-28-51-53(42)49-32-39(25-27-50(49)56-51)52-43-15-6-8-17-45(43)55(46-18-9-7-16-44(46)52)54-41-14-5-4-13-36(41)31-48-40(19-10-20-47(48)54)38-23-22-34-11-2-3-12-35(34)30-38/h2-32H,1H3. The second-order valence-corrected chi connectivity index (χ2v) is 15.3. The summed E-state index contributed by atoms with van der Waals surface area (Å²) in [5.74, 6) is 0. The third kappa shape index (κ3) is 4.55. The molecule has 0 amide bonds. The fourth-order valence-electron chi connectivity index (χ4n) is 9.56. The molecule has 0 aliphatic rings. The molecule has 0 aliphatic heterocycles. The number of fused-ring (bicyclic) bond motifs is 10. The van der Waals surface area contributed by atoms with E-state index in [0.717, 1.165) is 16.6 Å². The van der Waals surface area contributed by atoms with Gasteiger partial charge in [0.1, 0.15) is 11.2 Å². The molecule has 0 fully saturated rings. The molecule has 0 saturated heterocycles. The molecule has 0 unspecified atom stereocenters. The third-order valence-electron chi connectivity index (χ3n) is 12.0. The Morgan fingerprint density at radius 1 is 0.304 bits per heavy atom. The van der Waals surface area contributed by atoms with Crippen molar-refractivity contribution in [3.05, 3.63) is 194 Å². The summed E-state index contributed by atoms with van der Waals surface area (Å²) >= 11 is 0. The first-order valence-electron chi connectivity index (χ1n) is 19.4. The van der Waals surface area contributed by atoms with Crippen LogP contribution < -0.4 is 0 Å². The number of hydrogen-bond acceptors (Lipinski definition) is 1. The lowest BCUT2D eigenvalue weighted by atomic mass is 9.82. The molecule has 0 N–H and O–H groups in total. The summed E-state index contributed by atoms with van der Waals surface area (Å²) in [4.78, 5) is 0. The molecule has 56 heavy (non-hydrogen) atoms. The molecular weight excluding hydrogens is 677 g/mol. The third-order valence-corrected chi connectivity index (χ3v) is 12.0. The maximum Gasteiger partial charge on any atom is 0.136 e. The van der Waals surface area contributed by atoms with E-state index in [1.807, 2.05) is 0 Å². The molecule has 0 aliphatic carbocycles. The van der Waals surface area contributed by atoms with Crippen molar-refractivity contribution in [1.29, 1.82) is 0 Å². The minimum Gasteiger partial charge on any atom is -0.456 e. The molecule has 12 rings (SSSR count). The van der Waals surface area contributed by atoms with E-state index in [9.17, 15) is 0 Å². The topological polar surface area (TPSA) is 13.1 Å². The molecule has 0 radical (unpaired) electrons. The minimum atomic E-state index is 0.909. The van der Waals surface area contributed by atoms with Crippen LogP contribution in [0, 0.1) is 6.92 Å². The van der Waals surface area contributed by atoms with Gasteiger partial charge in [-0.25, -0.2) is 0 Å². The highest BCUT2D eigenvalue weighted by atomic mass is 16.3. The molecule has 0 saturated carbocycles. The molecule has 11 aromatic carbocycles. The van der Waals surface area contributed by atoms with Gasteiger partial charge in [0.15, 0.2) is 0 Å². The molecule has 0 bridgehead atoms. The van der Waals surface area contributed by atoms with Crippen molar-refractivity contribution in [1.82, 2.24) is 0 Å². The summed E-state index contributed by atoms with van der Waals surface area (Å²) in [6, 6.07) is 69.4. The summed E-state index contributed by atoms with van der Waals surface area (Å²) in [6.45, 7) is 2.15. The lowest BCUT2D eigenvalue weighted by molar-refractivity contribution is 0.669. The maximum absolute atomic E-state index is 6.48. The molecule has 12 aromatic rings. The Hall–Kier alpha value is -7.22. The number of aryl methyl sites for hydroxylation is 1. The number of benzene rings is 11. The predicted octanol–water partition coefficient (Wildman–Crippen LogP) is 15.8. The molecule has 1 heterocycles. The van der Waals surface area contributed by atoms with Gasteiger partial charge in [-0.1, -0.05) is 163 Å². The molecule has 0 atom stereocenters. The quantitative estimate of drug-likeness (QED) is 0.166. The highest BCUT2D eigenvalue weighted by Gasteiger charge is 2.22. The van der Waals surface area contributed by atoms with Gasteiger partial charge in [0.2, 0.25) is 0 Å². The van der Waals surface area contributed by atoms with Gasteiger partial charge in [-0.2, -0.15) is 0 Å². The van der Waals surface area contributed by atoms with E-state index < -0.39 is 0 Å². The summed E-state index contributed by atoms with van der Waals surface area (Å²) in [5, 5.41) is 17.2. The van der Waals surface area contributed by atoms with Gasteiger partial charge in [-0.3, -0.25) is 0 Å². The second kappa shape index (κ2) is 11.9. The van der Waals surface area contributed by atoms with Gasteiger partial charge in [0.05, 0.1) is 0 Å². The van der Waals surface area contributed by atoms with Crippen LogP contribution in [-0.4, -0.2) is 0 Å². The summed E-state index contributed by atoms with van der Waals surface area (Å²) in [5.41, 5.74) is 10.5. The van der Waals surface area contributed by atoms with Crippen LogP contribution in [0.2, 0.25) is 0 Å². The largest absolute Gasteiger partial charge is 0.456 e. The van der Waals surface area contributed by atoms with E-state index in [0.29, 0.717) is 0 Å². The van der Waals surface area contributed by atoms with E-state index in [2.05, 4.69) is 195 Å². The van der Waals surface area contributed by atoms with Crippen LogP contribution in [0.3, 0.4) is 0 Å². The average molecular weight is 711 g/mol. The van der Waals surface area contributed by atoms with Gasteiger partial charge >= 0.3 is 0 Å². The Kier molecular flexibility index (Phi) is 6.62. The van der Waals surface area contributed by atoms with Crippen molar-refractivity contribution >= 4 is 86.6 Å². The molecular formula is C55H34O. The monoisotopic (exact) mass is 710 g/mol. The highest BCUT2D eigenvalue weighted by Crippen LogP contribution is 2.49. The van der Waals surface area contributed by atoms with Crippen LogP contribution >= 0.6 is 0 Å². The van der Waals surface area contributed by atoms with Crippen molar-refractivity contribution in [2.24, 2.45) is 0 Å². The van der Waals surface area contributed by atoms with Crippen LogP contribution in [0.4, 0.5) is 0 Å². The average Bonchev–Trinajstić information content (AvgIpc) is 3.63. The van der Waals surface area contributed by atoms with E-state index >= 15 is 0 Å². The zero-order chi connectivity index (χ0) is 36.9. The summed E-state index contributed by atoms with van der Waals surface area (Å²) in [7, 11) is 0. The Balaban J connectivity index is 1.18. The van der Waals surface area contributed by atoms with E-state index in [1.165, 1.54) is 109 Å². The van der Waals surface area contributed by atoms with Gasteiger partial charge in [0.25, 0.3) is 0 Å². The van der Waals surface area contributed by atoms with Crippen molar-refractivity contribution in [3.8, 4) is 33.4 Å². The van der Waals surface area contributed by atoms with Crippen LogP contribution in [-0.2, 0) is 0 Å². The smallest absolute Gasteiger partial charge is 0.136 e. The Bertz CT molecular complexity index is 3540. The van der Waals surface area contributed by atoms with Gasteiger partial charge in [-0.15, -0.1) is 0 Å². The lowest BCUT2D eigenvalue weighted by Crippen LogP contribution is -1.93. The maximum atomic E-state index is 6.48. The normalized spacial score (nSPS) is 12.0. The zero-order valence-corrected chi connectivity index (χ0v) is 30.8. The number of rotatable bonds is 3. The summed E-state index contributed by atoms with van der Waals surface area (Å²) < 4.78 is 6.48. The zero-order valence-electron chi connectivity index (χ0n) is 30.8. The second-order valence-electron chi connectivity index (χ2n) is 15.3. The predicted molar refractivity (Wildman–Crippen MR) is 240 cm³/mol. The molecule has 260 valence electrons. The van der Waals surface area contributed by atoms with Gasteiger partial charge in [-0.05, 0) is 135 Å². The Morgan fingerprint density at radius 3 is 1.66 bits per heavy atom. The molecule has 1 heteroatoms. The van der Waals surface area contributed by atoms with Gasteiger partial charge in [0, 0.05) is 10.8 Å². The first-order valence-corrected chi connectivity index (χ1v) is 19.4. The SMILES string of the molecule is Cc1ccc2c(ccc3oc4ccc(-c5c6ccccc6c(-c6c7ccccc7cc7c(-c8ccc9ccccc9c8)cccc67)c6ccccc56)cc4c32)c1. The van der Waals surface area contributed by atoms with Crippen LogP contribution in [0.15, 0.2) is 192 Å². The molecule has 0 spiro atoms. The first kappa shape index (κ1) is 31.2. The van der Waals surface area contributed by atoms with Crippen molar-refractivity contribution in [2.75, 3.05) is 0 Å². The van der Waals surface area contributed by atoms with E-state index in [1.54, 1.807) is 0 Å². The fraction of sp³-hybridized carbons (Fsp3) is 0.0182. The number of hydrogen-bond donors (Lipinski definition) is 0. The lowest BCUT2D eigenvalue weighted by Gasteiger charge is -2.21. The number of furan rings is 1. The fourth-order valence-corrected chi connectivity index (χ4v) is 9.56. The Labute approximate surface area is 323 Å². The highest BCUT2D eigenvalue weighted by molar-refractivity contribution is 6.29.